The third kappa shape index (κ3) is 12.0. The number of hydrogen-bond donors (Lipinski definition) is 1. The van der Waals surface area contributed by atoms with E-state index < -0.39 is 30.0 Å². The van der Waals surface area contributed by atoms with Crippen LogP contribution in [0.3, 0.4) is 0 Å². The Bertz CT molecular complexity index is 1210. The van der Waals surface area contributed by atoms with Gasteiger partial charge in [0.2, 0.25) is 0 Å². The Balaban J connectivity index is 0.000000425. The smallest absolute Gasteiger partial charge is 0.389 e. The number of alkyl halides is 4. The number of benzene rings is 2. The topological polar surface area (TPSA) is 51.4 Å². The fourth-order valence-electron chi connectivity index (χ4n) is 5.04. The van der Waals surface area contributed by atoms with Gasteiger partial charge in [-0.05, 0) is 44.2 Å². The quantitative estimate of drug-likeness (QED) is 0.113. The van der Waals surface area contributed by atoms with Crippen molar-refractivity contribution in [2.45, 2.75) is 98.5 Å². The molecule has 0 saturated heterocycles. The number of aliphatic hydroxyl groups excluding tert-OH is 1. The van der Waals surface area contributed by atoms with Crippen molar-refractivity contribution in [1.82, 2.24) is 0 Å². The van der Waals surface area contributed by atoms with Gasteiger partial charge in [-0.15, -0.1) is 0 Å². The maximum atomic E-state index is 13.9. The van der Waals surface area contributed by atoms with E-state index in [2.05, 4.69) is 49.5 Å². The molecule has 0 bridgehead atoms. The predicted molar refractivity (Wildman–Crippen MR) is 159 cm³/mol. The van der Waals surface area contributed by atoms with Crippen LogP contribution in [0.4, 0.5) is 17.6 Å². The van der Waals surface area contributed by atoms with E-state index in [1.807, 2.05) is 32.2 Å². The number of carbonyl (C=O) groups is 1. The molecule has 0 aliphatic carbocycles. The first-order valence-corrected chi connectivity index (χ1v) is 14.3. The van der Waals surface area contributed by atoms with Crippen molar-refractivity contribution in [1.29, 1.82) is 0 Å². The van der Waals surface area contributed by atoms with Crippen LogP contribution in [0.15, 0.2) is 48.4 Å². The van der Waals surface area contributed by atoms with Crippen LogP contribution in [-0.4, -0.2) is 22.7 Å². The molecule has 2 aromatic rings. The van der Waals surface area contributed by atoms with Gasteiger partial charge in [-0.3, -0.25) is 4.79 Å². The van der Waals surface area contributed by atoms with Crippen molar-refractivity contribution in [2.75, 3.05) is 0 Å². The molecule has 0 amide bonds. The Morgan fingerprint density at radius 1 is 1.02 bits per heavy atom. The van der Waals surface area contributed by atoms with Gasteiger partial charge in [0.05, 0.1) is 12.2 Å². The van der Waals surface area contributed by atoms with Gasteiger partial charge in [-0.1, -0.05) is 70.5 Å². The summed E-state index contributed by atoms with van der Waals surface area (Å²) in [6.07, 6.45) is 1.19. The third-order valence-corrected chi connectivity index (χ3v) is 7.09. The molecule has 235 valence electrons. The molecule has 3 nitrogen and oxygen atoms in total. The normalized spacial score (nSPS) is 15.6. The van der Waals surface area contributed by atoms with E-state index in [9.17, 15) is 27.5 Å². The molecule has 2 unspecified atom stereocenters. The van der Waals surface area contributed by atoms with Gasteiger partial charge in [0.25, 0.3) is 0 Å². The van der Waals surface area contributed by atoms with Gasteiger partial charge in [0, 0.05) is 44.4 Å². The summed E-state index contributed by atoms with van der Waals surface area (Å²) >= 11 is 0. The number of carbonyl (C=O) groups excluding carboxylic acids is 1. The second-order valence-electron chi connectivity index (χ2n) is 11.4. The zero-order valence-corrected chi connectivity index (χ0v) is 27.9. The summed E-state index contributed by atoms with van der Waals surface area (Å²) in [4.78, 5) is 11.7. The number of halogens is 4. The molecule has 2 atom stereocenters. The summed E-state index contributed by atoms with van der Waals surface area (Å²) in [6.45, 7) is 12.6. The van der Waals surface area contributed by atoms with Crippen LogP contribution in [0, 0.1) is 31.7 Å². The molecular formula is C34H43F4IrNO2-2. The number of rotatable bonds is 10. The molecule has 1 aliphatic rings. The van der Waals surface area contributed by atoms with E-state index in [0.717, 1.165) is 33.9 Å². The standard InChI is InChI=1S/C21H22FN.C13H21F3O2.Ir/c1-14-9-15(2)11-18(10-14)20-19-6-5-16(13-21(3,4)22)12-17(19)7-8-23-20;1-4-9(5-2)11(17)7-12(18)10(6-3)8-13(14,15)16;/h5-10,12,20H,13H2,1-4H3;7,9-10,17H,4-6,8H2,1-3H3;/q-2;;/b;11-7-;. The number of ketones is 1. The van der Waals surface area contributed by atoms with E-state index >= 15 is 0 Å². The minimum Gasteiger partial charge on any atom is -0.682 e. The zero-order chi connectivity index (χ0) is 31.0. The SMILES string of the molecule is CCC(CC(F)(F)F)C(=O)/C=C(\O)C(CC)CC.Cc1[c-]c(C2[N-]C=Cc3cc(CC(C)(C)F)ccc32)cc(C)c1.[Ir]. The number of allylic oxidation sites excluding steroid dienone is 2. The van der Waals surface area contributed by atoms with Crippen molar-refractivity contribution >= 4 is 11.9 Å². The molecule has 0 spiro atoms. The molecule has 8 heteroatoms. The molecule has 0 aromatic heterocycles. The Morgan fingerprint density at radius 3 is 2.17 bits per heavy atom. The number of aliphatic hydroxyl groups is 1. The molecule has 1 heterocycles. The van der Waals surface area contributed by atoms with Crippen LogP contribution in [-0.2, 0) is 31.3 Å². The molecule has 1 aliphatic heterocycles. The first-order chi connectivity index (χ1) is 19.1. The third-order valence-electron chi connectivity index (χ3n) is 7.09. The van der Waals surface area contributed by atoms with Crippen LogP contribution in [0.2, 0.25) is 0 Å². The van der Waals surface area contributed by atoms with Gasteiger partial charge in [-0.2, -0.15) is 54.3 Å². The minimum absolute atomic E-state index is 0. The number of aryl methyl sites for hydroxylation is 2. The summed E-state index contributed by atoms with van der Waals surface area (Å²) in [5, 5.41) is 14.3. The maximum absolute atomic E-state index is 13.9. The summed E-state index contributed by atoms with van der Waals surface area (Å²) in [6, 6.07) is 13.8. The van der Waals surface area contributed by atoms with Crippen molar-refractivity contribution in [3.8, 4) is 0 Å². The van der Waals surface area contributed by atoms with E-state index in [4.69, 9.17) is 0 Å². The average molecular weight is 766 g/mol. The van der Waals surface area contributed by atoms with Gasteiger partial charge in [-0.25, -0.2) is 4.39 Å². The van der Waals surface area contributed by atoms with Gasteiger partial charge in [0.15, 0.2) is 5.78 Å². The molecule has 1 N–H and O–H groups in total. The number of nitrogens with zero attached hydrogens (tertiary/aromatic N) is 1. The van der Waals surface area contributed by atoms with E-state index in [1.165, 1.54) is 12.5 Å². The average Bonchev–Trinajstić information content (AvgIpc) is 2.85. The number of fused-ring (bicyclic) bond motifs is 1. The van der Waals surface area contributed by atoms with Crippen LogP contribution in [0.25, 0.3) is 11.4 Å². The second kappa shape index (κ2) is 16.4. The van der Waals surface area contributed by atoms with Crippen molar-refractivity contribution in [2.24, 2.45) is 11.8 Å². The van der Waals surface area contributed by atoms with E-state index in [1.54, 1.807) is 13.8 Å². The number of hydrogen-bond acceptors (Lipinski definition) is 2. The van der Waals surface area contributed by atoms with E-state index in [0.29, 0.717) is 19.3 Å². The maximum Gasteiger partial charge on any atom is 0.389 e. The van der Waals surface area contributed by atoms with Crippen molar-refractivity contribution in [3.05, 3.63) is 93.1 Å². The molecular weight excluding hydrogens is 723 g/mol. The Hall–Kier alpha value is -2.44. The fourth-order valence-corrected chi connectivity index (χ4v) is 5.04. The molecule has 2 aromatic carbocycles. The Kier molecular flexibility index (Phi) is 14.7. The van der Waals surface area contributed by atoms with Crippen LogP contribution < -0.4 is 0 Å². The largest absolute Gasteiger partial charge is 0.682 e. The summed E-state index contributed by atoms with van der Waals surface area (Å²) < 4.78 is 50.6. The summed E-state index contributed by atoms with van der Waals surface area (Å²) in [7, 11) is 0. The van der Waals surface area contributed by atoms with E-state index in [-0.39, 0.29) is 44.2 Å². The second-order valence-corrected chi connectivity index (χ2v) is 11.4. The zero-order valence-electron chi connectivity index (χ0n) is 25.5. The summed E-state index contributed by atoms with van der Waals surface area (Å²) in [5.74, 6) is -2.00. The molecule has 42 heavy (non-hydrogen) atoms. The van der Waals surface area contributed by atoms with Gasteiger partial charge in [0.1, 0.15) is 5.67 Å². The molecule has 0 saturated carbocycles. The van der Waals surface area contributed by atoms with Crippen molar-refractivity contribution < 1.29 is 47.6 Å². The van der Waals surface area contributed by atoms with Crippen LogP contribution in [0.5, 0.6) is 0 Å². The van der Waals surface area contributed by atoms with Crippen LogP contribution in [0.1, 0.15) is 99.7 Å². The van der Waals surface area contributed by atoms with Gasteiger partial charge < -0.3 is 10.4 Å². The Labute approximate surface area is 262 Å². The predicted octanol–water partition coefficient (Wildman–Crippen LogP) is 10.3. The Morgan fingerprint density at radius 2 is 1.64 bits per heavy atom. The fraction of sp³-hybridized carbons (Fsp3) is 0.500. The summed E-state index contributed by atoms with van der Waals surface area (Å²) in [5.41, 5.74) is 5.55. The monoisotopic (exact) mass is 766 g/mol. The molecule has 0 fully saturated rings. The van der Waals surface area contributed by atoms with Gasteiger partial charge >= 0.3 is 6.18 Å². The first kappa shape index (κ1) is 37.6. The van der Waals surface area contributed by atoms with Crippen LogP contribution >= 0.6 is 0 Å². The molecule has 1 radical (unpaired) electrons. The minimum atomic E-state index is -4.35. The first-order valence-electron chi connectivity index (χ1n) is 14.3. The molecule has 3 rings (SSSR count). The van der Waals surface area contributed by atoms with Crippen molar-refractivity contribution in [3.63, 3.8) is 0 Å².